The standard InChI is InChI=1S/C26H23O4P/c1-16(27)21-12-8-14-23(25(21)18(3)29)31(20-10-6-5-7-11-20)24-15-9-13-22(17(2)28)26(24)19(4)30/h5-15H,1-4H3. The van der Waals surface area contributed by atoms with E-state index in [1.807, 2.05) is 42.5 Å². The fraction of sp³-hybridized carbons (Fsp3) is 0.154. The minimum atomic E-state index is -1.38. The van der Waals surface area contributed by atoms with E-state index < -0.39 is 7.92 Å². The summed E-state index contributed by atoms with van der Waals surface area (Å²) in [5, 5.41) is 2.32. The van der Waals surface area contributed by atoms with Gasteiger partial charge < -0.3 is 0 Å². The lowest BCUT2D eigenvalue weighted by molar-refractivity contribution is 0.0981. The second-order valence-corrected chi connectivity index (χ2v) is 9.45. The maximum atomic E-state index is 12.7. The quantitative estimate of drug-likeness (QED) is 0.415. The molecule has 0 radical (unpaired) electrons. The van der Waals surface area contributed by atoms with E-state index in [1.54, 1.807) is 24.3 Å². The lowest BCUT2D eigenvalue weighted by Gasteiger charge is -2.25. The van der Waals surface area contributed by atoms with Crippen molar-refractivity contribution in [2.24, 2.45) is 0 Å². The van der Waals surface area contributed by atoms with Crippen LogP contribution in [0.5, 0.6) is 0 Å². The second-order valence-electron chi connectivity index (χ2n) is 7.30. The van der Waals surface area contributed by atoms with Gasteiger partial charge in [-0.25, -0.2) is 0 Å². The molecule has 0 heterocycles. The average Bonchev–Trinajstić information content (AvgIpc) is 2.74. The van der Waals surface area contributed by atoms with Gasteiger partial charge in [0.05, 0.1) is 0 Å². The molecule has 0 saturated carbocycles. The summed E-state index contributed by atoms with van der Waals surface area (Å²) in [7, 11) is -1.38. The number of carbonyl (C=O) groups excluding carboxylic acids is 4. The summed E-state index contributed by atoms with van der Waals surface area (Å²) in [6, 6.07) is 20.1. The van der Waals surface area contributed by atoms with Crippen LogP contribution in [0.25, 0.3) is 0 Å². The Labute approximate surface area is 183 Å². The van der Waals surface area contributed by atoms with Gasteiger partial charge in [0.15, 0.2) is 23.1 Å². The first-order chi connectivity index (χ1) is 14.7. The molecule has 3 rings (SSSR count). The minimum absolute atomic E-state index is 0.195. The van der Waals surface area contributed by atoms with Gasteiger partial charge in [-0.15, -0.1) is 0 Å². The summed E-state index contributed by atoms with van der Waals surface area (Å²) in [5.74, 6) is -0.814. The van der Waals surface area contributed by atoms with Gasteiger partial charge in [0.2, 0.25) is 0 Å². The Morgan fingerprint density at radius 2 is 0.935 bits per heavy atom. The molecule has 0 amide bonds. The molecule has 0 spiro atoms. The van der Waals surface area contributed by atoms with Gasteiger partial charge in [-0.2, -0.15) is 0 Å². The van der Waals surface area contributed by atoms with E-state index in [1.165, 1.54) is 27.7 Å². The van der Waals surface area contributed by atoms with Gasteiger partial charge in [-0.05, 0) is 51.5 Å². The van der Waals surface area contributed by atoms with E-state index in [9.17, 15) is 19.2 Å². The molecule has 0 aliphatic rings. The van der Waals surface area contributed by atoms with Gasteiger partial charge in [-0.1, -0.05) is 66.7 Å². The Kier molecular flexibility index (Phi) is 6.72. The van der Waals surface area contributed by atoms with Gasteiger partial charge in [-0.3, -0.25) is 19.2 Å². The predicted octanol–water partition coefficient (Wildman–Crippen LogP) is 4.26. The van der Waals surface area contributed by atoms with Gasteiger partial charge >= 0.3 is 0 Å². The van der Waals surface area contributed by atoms with E-state index in [0.717, 1.165) is 5.30 Å². The zero-order valence-corrected chi connectivity index (χ0v) is 18.8. The van der Waals surface area contributed by atoms with Crippen LogP contribution in [0.3, 0.4) is 0 Å². The molecule has 5 heteroatoms. The molecule has 0 aromatic heterocycles. The SMILES string of the molecule is CC(=O)c1cccc(P(c2ccccc2)c2cccc(C(C)=O)c2C(C)=O)c1C(C)=O. The number of hydrogen-bond donors (Lipinski definition) is 0. The smallest absolute Gasteiger partial charge is 0.161 e. The number of ketones is 4. The fourth-order valence-electron chi connectivity index (χ4n) is 3.76. The van der Waals surface area contributed by atoms with Crippen LogP contribution in [-0.4, -0.2) is 23.1 Å². The van der Waals surface area contributed by atoms with E-state index in [0.29, 0.717) is 32.9 Å². The number of benzene rings is 3. The third-order valence-corrected chi connectivity index (χ3v) is 7.57. The van der Waals surface area contributed by atoms with Gasteiger partial charge in [0.25, 0.3) is 0 Å². The maximum absolute atomic E-state index is 12.7. The lowest BCUT2D eigenvalue weighted by atomic mass is 10.0. The fourth-order valence-corrected chi connectivity index (χ4v) is 6.52. The van der Waals surface area contributed by atoms with Crippen molar-refractivity contribution in [2.75, 3.05) is 0 Å². The van der Waals surface area contributed by atoms with Crippen molar-refractivity contribution in [3.63, 3.8) is 0 Å². The highest BCUT2D eigenvalue weighted by Gasteiger charge is 2.28. The highest BCUT2D eigenvalue weighted by Crippen LogP contribution is 2.37. The molecule has 4 nitrogen and oxygen atoms in total. The second kappa shape index (κ2) is 9.28. The molecular formula is C26H23O4P. The third kappa shape index (κ3) is 4.45. The molecule has 0 aliphatic heterocycles. The van der Waals surface area contributed by atoms with Crippen LogP contribution in [0.1, 0.15) is 69.1 Å². The van der Waals surface area contributed by atoms with Crippen molar-refractivity contribution >= 4 is 47.0 Å². The molecule has 3 aromatic rings. The topological polar surface area (TPSA) is 68.3 Å². The first-order valence-corrected chi connectivity index (χ1v) is 11.2. The molecule has 0 atom stereocenters. The highest BCUT2D eigenvalue weighted by molar-refractivity contribution is 7.80. The Bertz CT molecular complexity index is 1120. The highest BCUT2D eigenvalue weighted by atomic mass is 31.1. The van der Waals surface area contributed by atoms with Crippen LogP contribution in [0.15, 0.2) is 66.7 Å². The molecule has 0 bridgehead atoms. The Morgan fingerprint density at radius 1 is 0.516 bits per heavy atom. The summed E-state index contributed by atoms with van der Waals surface area (Å²) in [6.45, 7) is 5.77. The Hall–Kier alpha value is -3.23. The molecular weight excluding hydrogens is 407 g/mol. The molecule has 0 saturated heterocycles. The summed E-state index contributed by atoms with van der Waals surface area (Å²) in [6.07, 6.45) is 0. The van der Waals surface area contributed by atoms with Crippen LogP contribution in [-0.2, 0) is 0 Å². The summed E-state index contributed by atoms with van der Waals surface area (Å²) in [5.41, 5.74) is 1.46. The molecule has 0 unspecified atom stereocenters. The molecule has 0 aliphatic carbocycles. The van der Waals surface area contributed by atoms with Crippen molar-refractivity contribution in [3.8, 4) is 0 Å². The van der Waals surface area contributed by atoms with E-state index >= 15 is 0 Å². The molecule has 31 heavy (non-hydrogen) atoms. The lowest BCUT2D eigenvalue weighted by Crippen LogP contribution is -2.30. The van der Waals surface area contributed by atoms with Gasteiger partial charge in [0, 0.05) is 22.3 Å². The zero-order valence-electron chi connectivity index (χ0n) is 17.9. The number of rotatable bonds is 7. The van der Waals surface area contributed by atoms with Crippen LogP contribution < -0.4 is 15.9 Å². The van der Waals surface area contributed by atoms with Crippen LogP contribution in [0.2, 0.25) is 0 Å². The van der Waals surface area contributed by atoms with Crippen LogP contribution in [0, 0.1) is 0 Å². The molecule has 3 aromatic carbocycles. The Balaban J connectivity index is 2.46. The van der Waals surface area contributed by atoms with Crippen molar-refractivity contribution in [2.45, 2.75) is 27.7 Å². The van der Waals surface area contributed by atoms with Crippen LogP contribution in [0.4, 0.5) is 0 Å². The van der Waals surface area contributed by atoms with Crippen LogP contribution >= 0.6 is 7.92 Å². The number of carbonyl (C=O) groups is 4. The molecule has 0 N–H and O–H groups in total. The normalized spacial score (nSPS) is 10.7. The Morgan fingerprint density at radius 3 is 1.29 bits per heavy atom. The maximum Gasteiger partial charge on any atom is 0.161 e. The van der Waals surface area contributed by atoms with E-state index in [2.05, 4.69) is 0 Å². The first-order valence-electron chi connectivity index (χ1n) is 9.89. The van der Waals surface area contributed by atoms with Gasteiger partial charge in [0.1, 0.15) is 0 Å². The number of Topliss-reactive ketones (excluding diaryl/α,β-unsaturated/α-hetero) is 4. The summed E-state index contributed by atoms with van der Waals surface area (Å²) in [4.78, 5) is 50.0. The minimum Gasteiger partial charge on any atom is -0.294 e. The van der Waals surface area contributed by atoms with Crippen molar-refractivity contribution < 1.29 is 19.2 Å². The van der Waals surface area contributed by atoms with Crippen molar-refractivity contribution in [1.29, 1.82) is 0 Å². The largest absolute Gasteiger partial charge is 0.294 e. The van der Waals surface area contributed by atoms with E-state index in [4.69, 9.17) is 0 Å². The summed E-state index contributed by atoms with van der Waals surface area (Å²) < 4.78 is 0. The molecule has 156 valence electrons. The number of hydrogen-bond acceptors (Lipinski definition) is 4. The summed E-state index contributed by atoms with van der Waals surface area (Å²) >= 11 is 0. The van der Waals surface area contributed by atoms with Crippen molar-refractivity contribution in [3.05, 3.63) is 89.0 Å². The first kappa shape index (κ1) is 22.5. The third-order valence-electron chi connectivity index (χ3n) is 5.04. The average molecular weight is 430 g/mol. The molecule has 0 fully saturated rings. The van der Waals surface area contributed by atoms with E-state index in [-0.39, 0.29) is 23.1 Å². The monoisotopic (exact) mass is 430 g/mol. The predicted molar refractivity (Wildman–Crippen MR) is 125 cm³/mol. The van der Waals surface area contributed by atoms with Crippen molar-refractivity contribution in [1.82, 2.24) is 0 Å². The zero-order chi connectivity index (χ0) is 22.7.